The molecule has 1 heterocycles. The number of pyridine rings is 1. The summed E-state index contributed by atoms with van der Waals surface area (Å²) in [6.07, 6.45) is 2.47. The van der Waals surface area contributed by atoms with Crippen LogP contribution in [0.5, 0.6) is 0 Å². The molecular weight excluding hydrogens is 241 g/mol. The molecule has 1 aromatic carbocycles. The maximum Gasteiger partial charge on any atom is 0.125 e. The molecule has 0 amide bonds. The van der Waals surface area contributed by atoms with E-state index < -0.39 is 0 Å². The van der Waals surface area contributed by atoms with Gasteiger partial charge in [-0.2, -0.15) is 0 Å². The third kappa shape index (κ3) is 3.68. The molecule has 0 unspecified atom stereocenters. The van der Waals surface area contributed by atoms with Crippen LogP contribution in [0.3, 0.4) is 0 Å². The lowest BCUT2D eigenvalue weighted by atomic mass is 10.2. The van der Waals surface area contributed by atoms with E-state index in [0.717, 1.165) is 30.9 Å². The molecule has 0 bridgehead atoms. The van der Waals surface area contributed by atoms with Crippen molar-refractivity contribution in [3.8, 4) is 0 Å². The van der Waals surface area contributed by atoms with Crippen molar-refractivity contribution in [2.24, 2.45) is 0 Å². The summed E-state index contributed by atoms with van der Waals surface area (Å²) < 4.78 is 13.2. The molecule has 19 heavy (non-hydrogen) atoms. The summed E-state index contributed by atoms with van der Waals surface area (Å²) >= 11 is 0. The Morgan fingerprint density at radius 1 is 1.26 bits per heavy atom. The van der Waals surface area contributed by atoms with Crippen molar-refractivity contribution in [2.45, 2.75) is 13.3 Å². The number of hydrogen-bond acceptors (Lipinski definition) is 3. The van der Waals surface area contributed by atoms with Gasteiger partial charge in [0.1, 0.15) is 5.82 Å². The first-order valence-electron chi connectivity index (χ1n) is 6.40. The van der Waals surface area contributed by atoms with E-state index >= 15 is 0 Å². The lowest BCUT2D eigenvalue weighted by Crippen LogP contribution is -2.25. The van der Waals surface area contributed by atoms with Crippen molar-refractivity contribution in [3.05, 3.63) is 54.1 Å². The van der Waals surface area contributed by atoms with Crippen LogP contribution in [0.25, 0.3) is 0 Å². The second-order valence-corrected chi connectivity index (χ2v) is 4.39. The topological polar surface area (TPSA) is 42.1 Å². The second kappa shape index (κ2) is 6.18. The van der Waals surface area contributed by atoms with Gasteiger partial charge in [0, 0.05) is 30.9 Å². The molecule has 2 N–H and O–H groups in total. The van der Waals surface area contributed by atoms with E-state index in [1.165, 1.54) is 6.07 Å². The highest BCUT2D eigenvalue weighted by molar-refractivity contribution is 5.46. The van der Waals surface area contributed by atoms with Crippen molar-refractivity contribution in [1.29, 1.82) is 0 Å². The molecule has 0 spiro atoms. The lowest BCUT2D eigenvalue weighted by Gasteiger charge is -2.23. The molecule has 1 aromatic heterocycles. The Balaban J connectivity index is 2.01. The average Bonchev–Trinajstić information content (AvgIpc) is 2.42. The standard InChI is InChI=1S/C15H18FN3/c1-2-19(15-5-3-4-12(16)10-15)9-8-14-7-6-13(17)11-18-14/h3-7,10-11H,2,8-9,17H2,1H3. The van der Waals surface area contributed by atoms with Crippen LogP contribution in [0.2, 0.25) is 0 Å². The molecule has 0 fully saturated rings. The fraction of sp³-hybridized carbons (Fsp3) is 0.267. The number of aromatic nitrogens is 1. The first-order chi connectivity index (χ1) is 9.19. The highest BCUT2D eigenvalue weighted by atomic mass is 19.1. The molecule has 0 atom stereocenters. The summed E-state index contributed by atoms with van der Waals surface area (Å²) in [6.45, 7) is 3.69. The van der Waals surface area contributed by atoms with Crippen LogP contribution in [-0.2, 0) is 6.42 Å². The zero-order valence-corrected chi connectivity index (χ0v) is 11.0. The smallest absolute Gasteiger partial charge is 0.125 e. The molecule has 2 rings (SSSR count). The van der Waals surface area contributed by atoms with Gasteiger partial charge in [-0.1, -0.05) is 6.07 Å². The van der Waals surface area contributed by atoms with Gasteiger partial charge >= 0.3 is 0 Å². The predicted molar refractivity (Wildman–Crippen MR) is 76.6 cm³/mol. The maximum atomic E-state index is 13.2. The minimum Gasteiger partial charge on any atom is -0.397 e. The zero-order chi connectivity index (χ0) is 13.7. The Labute approximate surface area is 112 Å². The molecule has 0 aliphatic rings. The first-order valence-corrected chi connectivity index (χ1v) is 6.40. The van der Waals surface area contributed by atoms with Gasteiger partial charge in [0.25, 0.3) is 0 Å². The number of halogens is 1. The SMILES string of the molecule is CCN(CCc1ccc(N)cn1)c1cccc(F)c1. The van der Waals surface area contributed by atoms with E-state index in [1.54, 1.807) is 18.3 Å². The molecule has 100 valence electrons. The zero-order valence-electron chi connectivity index (χ0n) is 11.0. The van der Waals surface area contributed by atoms with Gasteiger partial charge in [-0.05, 0) is 37.3 Å². The van der Waals surface area contributed by atoms with Crippen LogP contribution in [0.15, 0.2) is 42.6 Å². The van der Waals surface area contributed by atoms with Crippen molar-refractivity contribution < 1.29 is 4.39 Å². The van der Waals surface area contributed by atoms with Crippen LogP contribution in [-0.4, -0.2) is 18.1 Å². The normalized spacial score (nSPS) is 10.4. The van der Waals surface area contributed by atoms with Crippen LogP contribution < -0.4 is 10.6 Å². The molecule has 0 saturated carbocycles. The van der Waals surface area contributed by atoms with Gasteiger partial charge in [0.15, 0.2) is 0 Å². The largest absolute Gasteiger partial charge is 0.397 e. The fourth-order valence-corrected chi connectivity index (χ4v) is 1.98. The quantitative estimate of drug-likeness (QED) is 0.897. The van der Waals surface area contributed by atoms with Crippen molar-refractivity contribution >= 4 is 11.4 Å². The Kier molecular flexibility index (Phi) is 4.34. The average molecular weight is 259 g/mol. The van der Waals surface area contributed by atoms with Crippen molar-refractivity contribution in [3.63, 3.8) is 0 Å². The van der Waals surface area contributed by atoms with E-state index in [9.17, 15) is 4.39 Å². The summed E-state index contributed by atoms with van der Waals surface area (Å²) in [4.78, 5) is 6.40. The number of nitrogens with two attached hydrogens (primary N) is 1. The molecule has 4 heteroatoms. The van der Waals surface area contributed by atoms with Gasteiger partial charge in [-0.15, -0.1) is 0 Å². The Bertz CT molecular complexity index is 525. The third-order valence-corrected chi connectivity index (χ3v) is 3.04. The van der Waals surface area contributed by atoms with Crippen LogP contribution in [0, 0.1) is 5.82 Å². The van der Waals surface area contributed by atoms with Gasteiger partial charge in [-0.3, -0.25) is 4.98 Å². The molecule has 0 radical (unpaired) electrons. The molecule has 0 aliphatic heterocycles. The lowest BCUT2D eigenvalue weighted by molar-refractivity contribution is 0.626. The first kappa shape index (κ1) is 13.3. The van der Waals surface area contributed by atoms with Crippen molar-refractivity contribution in [1.82, 2.24) is 4.98 Å². The number of likely N-dealkylation sites (N-methyl/N-ethyl adjacent to an activating group) is 1. The molecule has 0 saturated heterocycles. The molecular formula is C15H18FN3. The number of benzene rings is 1. The van der Waals surface area contributed by atoms with E-state index in [1.807, 2.05) is 18.2 Å². The monoisotopic (exact) mass is 259 g/mol. The summed E-state index contributed by atoms with van der Waals surface area (Å²) in [6, 6.07) is 10.4. The van der Waals surface area contributed by atoms with E-state index in [2.05, 4.69) is 16.8 Å². The van der Waals surface area contributed by atoms with Crippen LogP contribution in [0.1, 0.15) is 12.6 Å². The summed E-state index contributed by atoms with van der Waals surface area (Å²) in [5.41, 5.74) is 8.16. The number of nitrogen functional groups attached to an aromatic ring is 1. The number of nitrogens with zero attached hydrogens (tertiary/aromatic N) is 2. The second-order valence-electron chi connectivity index (χ2n) is 4.39. The highest BCUT2D eigenvalue weighted by Crippen LogP contribution is 2.15. The van der Waals surface area contributed by atoms with Gasteiger partial charge < -0.3 is 10.6 Å². The third-order valence-electron chi connectivity index (χ3n) is 3.04. The summed E-state index contributed by atoms with van der Waals surface area (Å²) in [5.74, 6) is -0.207. The minimum absolute atomic E-state index is 0.207. The Morgan fingerprint density at radius 2 is 2.11 bits per heavy atom. The number of rotatable bonds is 5. The highest BCUT2D eigenvalue weighted by Gasteiger charge is 2.06. The molecule has 2 aromatic rings. The van der Waals surface area contributed by atoms with Crippen molar-refractivity contribution in [2.75, 3.05) is 23.7 Å². The van der Waals surface area contributed by atoms with E-state index in [0.29, 0.717) is 5.69 Å². The van der Waals surface area contributed by atoms with Crippen LogP contribution in [0.4, 0.5) is 15.8 Å². The van der Waals surface area contributed by atoms with Gasteiger partial charge in [-0.25, -0.2) is 4.39 Å². The number of anilines is 2. The molecule has 0 aliphatic carbocycles. The fourth-order valence-electron chi connectivity index (χ4n) is 1.98. The molecule has 3 nitrogen and oxygen atoms in total. The van der Waals surface area contributed by atoms with Crippen LogP contribution >= 0.6 is 0 Å². The van der Waals surface area contributed by atoms with Gasteiger partial charge in [0.2, 0.25) is 0 Å². The maximum absolute atomic E-state index is 13.2. The Hall–Kier alpha value is -2.10. The Morgan fingerprint density at radius 3 is 2.74 bits per heavy atom. The summed E-state index contributed by atoms with van der Waals surface area (Å²) in [7, 11) is 0. The van der Waals surface area contributed by atoms with Gasteiger partial charge in [0.05, 0.1) is 11.9 Å². The summed E-state index contributed by atoms with van der Waals surface area (Å²) in [5, 5.41) is 0. The minimum atomic E-state index is -0.207. The van der Waals surface area contributed by atoms with E-state index in [-0.39, 0.29) is 5.82 Å². The number of hydrogen-bond donors (Lipinski definition) is 1. The van der Waals surface area contributed by atoms with E-state index in [4.69, 9.17) is 5.73 Å². The predicted octanol–water partition coefficient (Wildman–Crippen LogP) is 2.87.